The van der Waals surface area contributed by atoms with Crippen LogP contribution in [-0.4, -0.2) is 7.41 Å². The summed E-state index contributed by atoms with van der Waals surface area (Å²) in [6, 6.07) is 17.6. The number of ether oxygens (including phenoxy) is 1. The van der Waals surface area contributed by atoms with Gasteiger partial charge in [-0.3, -0.25) is 0 Å². The van der Waals surface area contributed by atoms with E-state index in [1.807, 2.05) is 62.0 Å². The summed E-state index contributed by atoms with van der Waals surface area (Å²) in [5.74, 6) is 1.67. The number of para-hydroxylation sites is 1. The summed E-state index contributed by atoms with van der Waals surface area (Å²) in [5.41, 5.74) is 1.07. The number of nitrogens with one attached hydrogen (secondary N) is 1. The molecule has 0 fully saturated rings. The fraction of sp³-hybridized carbons (Fsp3) is 0. The van der Waals surface area contributed by atoms with Gasteiger partial charge >= 0.3 is 0 Å². The molecule has 0 bridgehead atoms. The van der Waals surface area contributed by atoms with E-state index in [2.05, 4.69) is 11.8 Å². The quantitative estimate of drug-likeness (QED) is 0.784. The van der Waals surface area contributed by atoms with Gasteiger partial charge in [0.1, 0.15) is 11.5 Å². The summed E-state index contributed by atoms with van der Waals surface area (Å²) in [6.07, 6.45) is 1.63. The van der Waals surface area contributed by atoms with E-state index >= 15 is 0 Å². The second-order valence-electron chi connectivity index (χ2n) is 3.50. The van der Waals surface area contributed by atoms with Crippen molar-refractivity contribution >= 4 is 12.9 Å². The van der Waals surface area contributed by atoms with E-state index in [4.69, 9.17) is 4.74 Å². The summed E-state index contributed by atoms with van der Waals surface area (Å²) in [6.45, 7) is 3.58. The minimum Gasteiger partial charge on any atom is -0.457 e. The maximum atomic E-state index is 5.68. The lowest BCUT2D eigenvalue weighted by Crippen LogP contribution is -2.25. The average molecular weight is 222 g/mol. The molecule has 0 aliphatic heterocycles. The standard InChI is InChI=1S/C14H13BNO/c1-2-16-15-12-8-10-14(11-9-12)17-13-6-4-3-5-7-13/h2-11,16H,1H2. The van der Waals surface area contributed by atoms with Gasteiger partial charge in [-0.15, -0.1) is 0 Å². The zero-order valence-corrected chi connectivity index (χ0v) is 9.47. The number of benzene rings is 2. The minimum atomic E-state index is 0.826. The van der Waals surface area contributed by atoms with Gasteiger partial charge in [-0.2, -0.15) is 0 Å². The van der Waals surface area contributed by atoms with E-state index in [0.29, 0.717) is 0 Å². The Morgan fingerprint density at radius 1 is 0.941 bits per heavy atom. The van der Waals surface area contributed by atoms with Crippen LogP contribution in [0, 0.1) is 0 Å². The predicted molar refractivity (Wildman–Crippen MR) is 71.7 cm³/mol. The molecule has 0 saturated carbocycles. The van der Waals surface area contributed by atoms with Crippen molar-refractivity contribution in [2.45, 2.75) is 0 Å². The summed E-state index contributed by atoms with van der Waals surface area (Å²) < 4.78 is 5.68. The lowest BCUT2D eigenvalue weighted by molar-refractivity contribution is 0.483. The molecule has 0 aliphatic rings. The normalized spacial score (nSPS) is 9.41. The summed E-state index contributed by atoms with van der Waals surface area (Å²) in [7, 11) is 1.87. The second kappa shape index (κ2) is 5.80. The Balaban J connectivity index is 2.01. The van der Waals surface area contributed by atoms with E-state index in [9.17, 15) is 0 Å². The van der Waals surface area contributed by atoms with Gasteiger partial charge in [-0.05, 0) is 30.5 Å². The van der Waals surface area contributed by atoms with Crippen LogP contribution >= 0.6 is 0 Å². The number of hydrogen-bond donors (Lipinski definition) is 1. The van der Waals surface area contributed by atoms with Crippen LogP contribution in [0.15, 0.2) is 67.4 Å². The molecule has 0 spiro atoms. The van der Waals surface area contributed by atoms with Crippen molar-refractivity contribution in [2.24, 2.45) is 0 Å². The molecule has 1 radical (unpaired) electrons. The molecule has 0 saturated heterocycles. The molecule has 1 N–H and O–H groups in total. The highest BCUT2D eigenvalue weighted by atomic mass is 16.5. The van der Waals surface area contributed by atoms with Crippen LogP contribution < -0.4 is 15.4 Å². The Bertz CT molecular complexity index is 467. The average Bonchev–Trinajstić information content (AvgIpc) is 2.39. The van der Waals surface area contributed by atoms with Crippen LogP contribution in [0.5, 0.6) is 11.5 Å². The third-order valence-corrected chi connectivity index (χ3v) is 2.23. The van der Waals surface area contributed by atoms with E-state index < -0.39 is 0 Å². The van der Waals surface area contributed by atoms with Gasteiger partial charge in [0.25, 0.3) is 7.41 Å². The molecule has 0 unspecified atom stereocenters. The van der Waals surface area contributed by atoms with Gasteiger partial charge in [-0.1, -0.05) is 42.4 Å². The molecule has 0 aliphatic carbocycles. The lowest BCUT2D eigenvalue weighted by Gasteiger charge is -2.06. The van der Waals surface area contributed by atoms with Crippen LogP contribution in [0.25, 0.3) is 0 Å². The Hall–Kier alpha value is -2.16. The summed E-state index contributed by atoms with van der Waals surface area (Å²) in [5, 5.41) is 2.93. The molecular formula is C14H13BNO. The number of rotatable bonds is 5. The predicted octanol–water partition coefficient (Wildman–Crippen LogP) is 2.46. The van der Waals surface area contributed by atoms with Gasteiger partial charge in [0.2, 0.25) is 0 Å². The van der Waals surface area contributed by atoms with E-state index in [1.54, 1.807) is 6.20 Å². The number of hydrogen-bond acceptors (Lipinski definition) is 2. The van der Waals surface area contributed by atoms with Crippen LogP contribution in [-0.2, 0) is 0 Å². The fourth-order valence-electron chi connectivity index (χ4n) is 1.41. The molecule has 17 heavy (non-hydrogen) atoms. The topological polar surface area (TPSA) is 21.3 Å². The molecule has 2 rings (SSSR count). The highest BCUT2D eigenvalue weighted by Crippen LogP contribution is 2.19. The third kappa shape index (κ3) is 3.42. The Morgan fingerprint density at radius 3 is 2.24 bits per heavy atom. The first-order valence-electron chi connectivity index (χ1n) is 5.41. The smallest absolute Gasteiger partial charge is 0.281 e. The SMILES string of the molecule is C=CN[B]c1ccc(Oc2ccccc2)cc1. The molecule has 83 valence electrons. The van der Waals surface area contributed by atoms with E-state index in [-0.39, 0.29) is 0 Å². The van der Waals surface area contributed by atoms with E-state index in [1.165, 1.54) is 0 Å². The maximum absolute atomic E-state index is 5.68. The zero-order valence-electron chi connectivity index (χ0n) is 9.47. The molecule has 2 aromatic carbocycles. The molecule has 0 heterocycles. The van der Waals surface area contributed by atoms with Crippen molar-refractivity contribution in [1.82, 2.24) is 5.23 Å². The molecule has 3 heteroatoms. The van der Waals surface area contributed by atoms with Gasteiger partial charge in [0, 0.05) is 0 Å². The van der Waals surface area contributed by atoms with E-state index in [0.717, 1.165) is 17.0 Å². The first-order chi connectivity index (χ1) is 8.38. The monoisotopic (exact) mass is 222 g/mol. The van der Waals surface area contributed by atoms with Crippen molar-refractivity contribution < 1.29 is 4.74 Å². The van der Waals surface area contributed by atoms with Gasteiger partial charge in [0.15, 0.2) is 0 Å². The largest absolute Gasteiger partial charge is 0.457 e. The van der Waals surface area contributed by atoms with Crippen LogP contribution in [0.1, 0.15) is 0 Å². The lowest BCUT2D eigenvalue weighted by atomic mass is 9.83. The van der Waals surface area contributed by atoms with Crippen molar-refractivity contribution in [3.8, 4) is 11.5 Å². The molecule has 0 aromatic heterocycles. The maximum Gasteiger partial charge on any atom is 0.281 e. The fourth-order valence-corrected chi connectivity index (χ4v) is 1.41. The van der Waals surface area contributed by atoms with Crippen LogP contribution in [0.4, 0.5) is 0 Å². The second-order valence-corrected chi connectivity index (χ2v) is 3.50. The van der Waals surface area contributed by atoms with Gasteiger partial charge in [-0.25, -0.2) is 0 Å². The molecule has 0 atom stereocenters. The zero-order chi connectivity index (χ0) is 11.9. The van der Waals surface area contributed by atoms with Crippen molar-refractivity contribution in [1.29, 1.82) is 0 Å². The first kappa shape index (κ1) is 11.3. The molecule has 2 aromatic rings. The highest BCUT2D eigenvalue weighted by Gasteiger charge is 1.97. The first-order valence-corrected chi connectivity index (χ1v) is 5.41. The molecule has 2 nitrogen and oxygen atoms in total. The van der Waals surface area contributed by atoms with Crippen molar-refractivity contribution in [3.05, 3.63) is 67.4 Å². The van der Waals surface area contributed by atoms with Gasteiger partial charge in [0.05, 0.1) is 0 Å². The highest BCUT2D eigenvalue weighted by molar-refractivity contribution is 6.51. The molecular weight excluding hydrogens is 209 g/mol. The van der Waals surface area contributed by atoms with Crippen molar-refractivity contribution in [2.75, 3.05) is 0 Å². The molecule has 0 amide bonds. The van der Waals surface area contributed by atoms with Crippen molar-refractivity contribution in [3.63, 3.8) is 0 Å². The summed E-state index contributed by atoms with van der Waals surface area (Å²) >= 11 is 0. The van der Waals surface area contributed by atoms with Gasteiger partial charge < -0.3 is 9.96 Å². The third-order valence-electron chi connectivity index (χ3n) is 2.23. The Labute approximate surface area is 102 Å². The minimum absolute atomic E-state index is 0.826. The summed E-state index contributed by atoms with van der Waals surface area (Å²) in [4.78, 5) is 0. The Morgan fingerprint density at radius 2 is 1.59 bits per heavy atom. The van der Waals surface area contributed by atoms with Crippen LogP contribution in [0.2, 0.25) is 0 Å². The Kier molecular flexibility index (Phi) is 3.87. The van der Waals surface area contributed by atoms with Crippen LogP contribution in [0.3, 0.4) is 0 Å².